The Balaban J connectivity index is 1.91. The molecule has 2 N–H and O–H groups in total. The van der Waals surface area contributed by atoms with Crippen LogP contribution in [0.25, 0.3) is 11.4 Å². The molecule has 1 saturated heterocycles. The standard InChI is InChI=1S/C14H18FN5O/c1-9-6-11(16)7-12(13(9)15)14-17-18-19-20(14)8-10-2-4-21-5-3-10/h6-7,10H,2-5,8,16H2,1H3. The number of aryl methyl sites for hydroxylation is 1. The van der Waals surface area contributed by atoms with Crippen molar-refractivity contribution in [3.63, 3.8) is 0 Å². The molecule has 6 nitrogen and oxygen atoms in total. The van der Waals surface area contributed by atoms with E-state index in [1.807, 2.05) is 0 Å². The van der Waals surface area contributed by atoms with Gasteiger partial charge in [-0.25, -0.2) is 9.07 Å². The van der Waals surface area contributed by atoms with Crippen molar-refractivity contribution in [2.75, 3.05) is 18.9 Å². The van der Waals surface area contributed by atoms with Gasteiger partial charge in [-0.2, -0.15) is 0 Å². The Morgan fingerprint density at radius 3 is 2.90 bits per heavy atom. The lowest BCUT2D eigenvalue weighted by Gasteiger charge is -2.22. The van der Waals surface area contributed by atoms with E-state index >= 15 is 0 Å². The number of nitrogens with zero attached hydrogens (tertiary/aromatic N) is 4. The fourth-order valence-corrected chi connectivity index (χ4v) is 2.65. The zero-order valence-electron chi connectivity index (χ0n) is 11.9. The van der Waals surface area contributed by atoms with Gasteiger partial charge in [0.2, 0.25) is 0 Å². The van der Waals surface area contributed by atoms with E-state index in [4.69, 9.17) is 10.5 Å². The minimum Gasteiger partial charge on any atom is -0.399 e. The highest BCUT2D eigenvalue weighted by atomic mass is 19.1. The molecule has 0 unspecified atom stereocenters. The summed E-state index contributed by atoms with van der Waals surface area (Å²) in [7, 11) is 0. The predicted molar refractivity (Wildman–Crippen MR) is 75.9 cm³/mol. The third-order valence-corrected chi connectivity index (χ3v) is 3.82. The Hall–Kier alpha value is -2.02. The average molecular weight is 291 g/mol. The normalized spacial score (nSPS) is 16.3. The first-order chi connectivity index (χ1) is 10.1. The highest BCUT2D eigenvalue weighted by Crippen LogP contribution is 2.27. The van der Waals surface area contributed by atoms with Crippen molar-refractivity contribution >= 4 is 5.69 Å². The Labute approximate surface area is 122 Å². The Morgan fingerprint density at radius 2 is 2.14 bits per heavy atom. The summed E-state index contributed by atoms with van der Waals surface area (Å²) in [5.74, 6) is 0.549. The van der Waals surface area contributed by atoms with Crippen molar-refractivity contribution in [1.82, 2.24) is 20.2 Å². The maximum Gasteiger partial charge on any atom is 0.185 e. The van der Waals surface area contributed by atoms with Crippen molar-refractivity contribution in [2.24, 2.45) is 5.92 Å². The monoisotopic (exact) mass is 291 g/mol. The van der Waals surface area contributed by atoms with Gasteiger partial charge in [0.15, 0.2) is 5.82 Å². The Bertz CT molecular complexity index is 636. The number of aromatic nitrogens is 4. The zero-order chi connectivity index (χ0) is 14.8. The van der Waals surface area contributed by atoms with E-state index in [-0.39, 0.29) is 5.82 Å². The van der Waals surface area contributed by atoms with E-state index in [1.165, 1.54) is 0 Å². The molecule has 1 aromatic heterocycles. The first-order valence-corrected chi connectivity index (χ1v) is 7.05. The maximum absolute atomic E-state index is 14.3. The summed E-state index contributed by atoms with van der Waals surface area (Å²) in [5.41, 5.74) is 7.15. The molecule has 0 saturated carbocycles. The van der Waals surface area contributed by atoms with Gasteiger partial charge in [0.25, 0.3) is 0 Å². The quantitative estimate of drug-likeness (QED) is 0.872. The summed E-state index contributed by atoms with van der Waals surface area (Å²) >= 11 is 0. The summed E-state index contributed by atoms with van der Waals surface area (Å²) in [5, 5.41) is 11.7. The molecule has 21 heavy (non-hydrogen) atoms. The number of rotatable bonds is 3. The second-order valence-corrected chi connectivity index (χ2v) is 5.44. The number of hydrogen-bond acceptors (Lipinski definition) is 5. The Morgan fingerprint density at radius 1 is 1.38 bits per heavy atom. The smallest absolute Gasteiger partial charge is 0.185 e. The van der Waals surface area contributed by atoms with Gasteiger partial charge < -0.3 is 10.5 Å². The van der Waals surface area contributed by atoms with Crippen LogP contribution < -0.4 is 5.73 Å². The molecule has 1 aliphatic rings. The molecule has 1 aliphatic heterocycles. The molecule has 2 aromatic rings. The van der Waals surface area contributed by atoms with Crippen LogP contribution in [-0.2, 0) is 11.3 Å². The van der Waals surface area contributed by atoms with Crippen LogP contribution in [0.5, 0.6) is 0 Å². The first-order valence-electron chi connectivity index (χ1n) is 7.05. The summed E-state index contributed by atoms with van der Waals surface area (Å²) in [6, 6.07) is 3.18. The molecular weight excluding hydrogens is 273 g/mol. The largest absolute Gasteiger partial charge is 0.399 e. The van der Waals surface area contributed by atoms with Gasteiger partial charge in [0.1, 0.15) is 5.82 Å². The third-order valence-electron chi connectivity index (χ3n) is 3.82. The molecule has 0 atom stereocenters. The number of tetrazole rings is 1. The van der Waals surface area contributed by atoms with Crippen LogP contribution in [0.15, 0.2) is 12.1 Å². The minimum atomic E-state index is -0.327. The minimum absolute atomic E-state index is 0.327. The highest BCUT2D eigenvalue weighted by Gasteiger charge is 2.20. The van der Waals surface area contributed by atoms with Gasteiger partial charge in [-0.05, 0) is 53.8 Å². The van der Waals surface area contributed by atoms with Crippen LogP contribution in [0.1, 0.15) is 18.4 Å². The van der Waals surface area contributed by atoms with Gasteiger partial charge >= 0.3 is 0 Å². The van der Waals surface area contributed by atoms with Crippen LogP contribution in [0, 0.1) is 18.7 Å². The van der Waals surface area contributed by atoms with Gasteiger partial charge in [-0.3, -0.25) is 0 Å². The molecule has 0 amide bonds. The van der Waals surface area contributed by atoms with Gasteiger partial charge in [-0.1, -0.05) is 0 Å². The van der Waals surface area contributed by atoms with Crippen LogP contribution in [-0.4, -0.2) is 33.4 Å². The molecule has 3 rings (SSSR count). The van der Waals surface area contributed by atoms with E-state index in [0.717, 1.165) is 26.1 Å². The molecule has 1 aromatic carbocycles. The number of nitrogens with two attached hydrogens (primary N) is 1. The summed E-state index contributed by atoms with van der Waals surface area (Å²) in [6.07, 6.45) is 1.94. The van der Waals surface area contributed by atoms with Crippen molar-refractivity contribution in [3.05, 3.63) is 23.5 Å². The lowest BCUT2D eigenvalue weighted by molar-refractivity contribution is 0.0601. The van der Waals surface area contributed by atoms with E-state index in [0.29, 0.717) is 35.1 Å². The summed E-state index contributed by atoms with van der Waals surface area (Å²) in [6.45, 7) is 3.86. The van der Waals surface area contributed by atoms with E-state index in [2.05, 4.69) is 15.5 Å². The summed E-state index contributed by atoms with van der Waals surface area (Å²) in [4.78, 5) is 0. The fraction of sp³-hybridized carbons (Fsp3) is 0.500. The number of hydrogen-bond donors (Lipinski definition) is 1. The predicted octanol–water partition coefficient (Wildman–Crippen LogP) is 1.80. The van der Waals surface area contributed by atoms with Crippen LogP contribution in [0.2, 0.25) is 0 Å². The second-order valence-electron chi connectivity index (χ2n) is 5.44. The van der Waals surface area contributed by atoms with Crippen molar-refractivity contribution < 1.29 is 9.13 Å². The lowest BCUT2D eigenvalue weighted by Crippen LogP contribution is -2.21. The van der Waals surface area contributed by atoms with Gasteiger partial charge in [0.05, 0.1) is 5.56 Å². The van der Waals surface area contributed by atoms with Crippen LogP contribution in [0.4, 0.5) is 10.1 Å². The number of benzene rings is 1. The van der Waals surface area contributed by atoms with E-state index < -0.39 is 0 Å². The number of ether oxygens (including phenoxy) is 1. The van der Waals surface area contributed by atoms with E-state index in [9.17, 15) is 4.39 Å². The fourth-order valence-electron chi connectivity index (χ4n) is 2.65. The number of halogens is 1. The molecule has 112 valence electrons. The average Bonchev–Trinajstić information content (AvgIpc) is 2.92. The highest BCUT2D eigenvalue weighted by molar-refractivity contribution is 5.63. The maximum atomic E-state index is 14.3. The van der Waals surface area contributed by atoms with E-state index in [1.54, 1.807) is 23.7 Å². The van der Waals surface area contributed by atoms with Crippen molar-refractivity contribution in [2.45, 2.75) is 26.3 Å². The second kappa shape index (κ2) is 5.77. The molecule has 7 heteroatoms. The van der Waals surface area contributed by atoms with Crippen LogP contribution in [0.3, 0.4) is 0 Å². The topological polar surface area (TPSA) is 78.9 Å². The van der Waals surface area contributed by atoms with Gasteiger partial charge in [0, 0.05) is 25.4 Å². The molecule has 1 fully saturated rings. The molecule has 0 aliphatic carbocycles. The van der Waals surface area contributed by atoms with Crippen LogP contribution >= 0.6 is 0 Å². The zero-order valence-corrected chi connectivity index (χ0v) is 11.9. The van der Waals surface area contributed by atoms with Crippen molar-refractivity contribution in [1.29, 1.82) is 0 Å². The lowest BCUT2D eigenvalue weighted by atomic mass is 10.0. The molecule has 0 bridgehead atoms. The van der Waals surface area contributed by atoms with Crippen molar-refractivity contribution in [3.8, 4) is 11.4 Å². The summed E-state index contributed by atoms with van der Waals surface area (Å²) < 4.78 is 21.3. The molecular formula is C14H18FN5O. The number of nitrogen functional groups attached to an aromatic ring is 1. The first kappa shape index (κ1) is 13.9. The Kier molecular flexibility index (Phi) is 3.83. The SMILES string of the molecule is Cc1cc(N)cc(-c2nnnn2CC2CCOCC2)c1F. The molecule has 0 radical (unpaired) electrons. The molecule has 0 spiro atoms. The van der Waals surface area contributed by atoms with Gasteiger partial charge in [-0.15, -0.1) is 5.10 Å². The number of anilines is 1. The molecule has 2 heterocycles. The third kappa shape index (κ3) is 2.87.